The van der Waals surface area contributed by atoms with Crippen molar-refractivity contribution in [2.75, 3.05) is 6.54 Å². The summed E-state index contributed by atoms with van der Waals surface area (Å²) >= 11 is 0. The van der Waals surface area contributed by atoms with E-state index in [1.807, 2.05) is 0 Å². The van der Waals surface area contributed by atoms with Gasteiger partial charge in [-0.1, -0.05) is 6.07 Å². The van der Waals surface area contributed by atoms with E-state index in [1.54, 1.807) is 0 Å². The van der Waals surface area contributed by atoms with Crippen molar-refractivity contribution in [2.24, 2.45) is 5.73 Å². The van der Waals surface area contributed by atoms with Gasteiger partial charge in [-0.2, -0.15) is 13.2 Å². The number of alkyl halides is 3. The van der Waals surface area contributed by atoms with Gasteiger partial charge in [-0.25, -0.2) is 4.39 Å². The van der Waals surface area contributed by atoms with Crippen molar-refractivity contribution in [3.63, 3.8) is 0 Å². The molecule has 3 N–H and O–H groups in total. The van der Waals surface area contributed by atoms with Crippen molar-refractivity contribution in [3.05, 3.63) is 35.1 Å². The van der Waals surface area contributed by atoms with Gasteiger partial charge >= 0.3 is 6.18 Å². The van der Waals surface area contributed by atoms with E-state index in [0.29, 0.717) is 5.56 Å². The molecular formula is C12H14F4N2. The predicted molar refractivity (Wildman–Crippen MR) is 59.4 cm³/mol. The minimum absolute atomic E-state index is 0.00105. The summed E-state index contributed by atoms with van der Waals surface area (Å²) in [4.78, 5) is 0. The summed E-state index contributed by atoms with van der Waals surface area (Å²) in [5.74, 6) is -1.27. The van der Waals surface area contributed by atoms with Crippen LogP contribution in [0.5, 0.6) is 0 Å². The van der Waals surface area contributed by atoms with Crippen LogP contribution in [0.4, 0.5) is 17.6 Å². The maximum absolute atomic E-state index is 13.4. The zero-order chi connectivity index (χ0) is 13.3. The highest BCUT2D eigenvalue weighted by Gasteiger charge is 2.34. The van der Waals surface area contributed by atoms with Crippen LogP contribution in [0.25, 0.3) is 0 Å². The first-order valence-corrected chi connectivity index (χ1v) is 5.75. The average Bonchev–Trinajstić information content (AvgIpc) is 2.79. The molecular weight excluding hydrogens is 248 g/mol. The van der Waals surface area contributed by atoms with Crippen molar-refractivity contribution in [1.29, 1.82) is 0 Å². The van der Waals surface area contributed by atoms with Crippen LogP contribution in [-0.2, 0) is 6.18 Å². The number of rotatable bonds is 2. The van der Waals surface area contributed by atoms with Gasteiger partial charge in [-0.15, -0.1) is 0 Å². The normalized spacial score (nSPS) is 22.2. The van der Waals surface area contributed by atoms with Gasteiger partial charge in [0.2, 0.25) is 0 Å². The van der Waals surface area contributed by atoms with Gasteiger partial charge in [0.25, 0.3) is 0 Å². The molecule has 6 heteroatoms. The fourth-order valence-corrected chi connectivity index (χ4v) is 2.22. The zero-order valence-electron chi connectivity index (χ0n) is 9.60. The molecule has 2 rings (SSSR count). The second kappa shape index (κ2) is 4.85. The van der Waals surface area contributed by atoms with Crippen LogP contribution < -0.4 is 11.1 Å². The molecule has 0 unspecified atom stereocenters. The SMILES string of the molecule is N[C@H](c1ccc(C(F)(F)F)c(F)c1)[C@@H]1CCCN1. The zero-order valence-corrected chi connectivity index (χ0v) is 9.60. The first-order chi connectivity index (χ1) is 8.39. The summed E-state index contributed by atoms with van der Waals surface area (Å²) in [5.41, 5.74) is 5.05. The first kappa shape index (κ1) is 13.3. The van der Waals surface area contributed by atoms with E-state index in [2.05, 4.69) is 5.32 Å². The Morgan fingerprint density at radius 1 is 1.33 bits per heavy atom. The Labute approximate surface area is 102 Å². The van der Waals surface area contributed by atoms with Crippen molar-refractivity contribution in [3.8, 4) is 0 Å². The summed E-state index contributed by atoms with van der Waals surface area (Å²) < 4.78 is 50.6. The van der Waals surface area contributed by atoms with E-state index in [9.17, 15) is 17.6 Å². The molecule has 1 aliphatic heterocycles. The Kier molecular flexibility index (Phi) is 3.59. The molecule has 18 heavy (non-hydrogen) atoms. The molecule has 1 aromatic rings. The summed E-state index contributed by atoms with van der Waals surface area (Å²) in [7, 11) is 0. The number of hydrogen-bond donors (Lipinski definition) is 2. The maximum atomic E-state index is 13.4. The van der Waals surface area contributed by atoms with Gasteiger partial charge in [0.05, 0.1) is 5.56 Å². The molecule has 1 fully saturated rings. The second-order valence-corrected chi connectivity index (χ2v) is 4.47. The highest BCUT2D eigenvalue weighted by Crippen LogP contribution is 2.33. The lowest BCUT2D eigenvalue weighted by molar-refractivity contribution is -0.140. The van der Waals surface area contributed by atoms with Crippen LogP contribution in [0.1, 0.15) is 30.0 Å². The van der Waals surface area contributed by atoms with Crippen LogP contribution >= 0.6 is 0 Å². The summed E-state index contributed by atoms with van der Waals surface area (Å²) in [6.07, 6.45) is -2.84. The maximum Gasteiger partial charge on any atom is 0.419 e. The molecule has 2 atom stereocenters. The van der Waals surface area contributed by atoms with Gasteiger partial charge < -0.3 is 11.1 Å². The van der Waals surface area contributed by atoms with Crippen molar-refractivity contribution < 1.29 is 17.6 Å². The van der Waals surface area contributed by atoms with E-state index in [1.165, 1.54) is 6.07 Å². The number of halogens is 4. The van der Waals surface area contributed by atoms with Crippen LogP contribution in [0.15, 0.2) is 18.2 Å². The van der Waals surface area contributed by atoms with E-state index in [-0.39, 0.29) is 6.04 Å². The topological polar surface area (TPSA) is 38.0 Å². The molecule has 0 aliphatic carbocycles. The Hall–Kier alpha value is -1.14. The second-order valence-electron chi connectivity index (χ2n) is 4.47. The van der Waals surface area contributed by atoms with E-state index < -0.39 is 23.6 Å². The Balaban J connectivity index is 2.23. The molecule has 100 valence electrons. The van der Waals surface area contributed by atoms with Gasteiger partial charge in [0.1, 0.15) is 5.82 Å². The number of nitrogens with one attached hydrogen (secondary N) is 1. The van der Waals surface area contributed by atoms with Crippen LogP contribution in [0, 0.1) is 5.82 Å². The van der Waals surface area contributed by atoms with Crippen LogP contribution in [0.2, 0.25) is 0 Å². The predicted octanol–water partition coefficient (Wildman–Crippen LogP) is 2.60. The number of nitrogens with two attached hydrogens (primary N) is 1. The summed E-state index contributed by atoms with van der Waals surface area (Å²) in [6, 6.07) is 2.40. The molecule has 0 saturated carbocycles. The van der Waals surface area contributed by atoms with Crippen molar-refractivity contribution in [2.45, 2.75) is 31.1 Å². The van der Waals surface area contributed by atoms with Crippen LogP contribution in [-0.4, -0.2) is 12.6 Å². The molecule has 0 aromatic heterocycles. The summed E-state index contributed by atoms with van der Waals surface area (Å²) in [5, 5.41) is 3.15. The quantitative estimate of drug-likeness (QED) is 0.804. The Bertz CT molecular complexity index is 425. The van der Waals surface area contributed by atoms with Crippen molar-refractivity contribution in [1.82, 2.24) is 5.32 Å². The number of hydrogen-bond acceptors (Lipinski definition) is 2. The minimum Gasteiger partial charge on any atom is -0.323 e. The van der Waals surface area contributed by atoms with Gasteiger partial charge in [0, 0.05) is 12.1 Å². The first-order valence-electron chi connectivity index (χ1n) is 5.75. The Morgan fingerprint density at radius 3 is 2.56 bits per heavy atom. The molecule has 0 spiro atoms. The lowest BCUT2D eigenvalue weighted by Crippen LogP contribution is -2.34. The molecule has 1 aromatic carbocycles. The molecule has 0 bridgehead atoms. The largest absolute Gasteiger partial charge is 0.419 e. The lowest BCUT2D eigenvalue weighted by atomic mass is 9.97. The highest BCUT2D eigenvalue weighted by molar-refractivity contribution is 5.29. The highest BCUT2D eigenvalue weighted by atomic mass is 19.4. The smallest absolute Gasteiger partial charge is 0.323 e. The van der Waals surface area contributed by atoms with E-state index >= 15 is 0 Å². The molecule has 1 saturated heterocycles. The third kappa shape index (κ3) is 2.64. The van der Waals surface area contributed by atoms with Crippen molar-refractivity contribution >= 4 is 0 Å². The van der Waals surface area contributed by atoms with Gasteiger partial charge in [0.15, 0.2) is 0 Å². The Morgan fingerprint density at radius 2 is 2.06 bits per heavy atom. The van der Waals surface area contributed by atoms with E-state index in [4.69, 9.17) is 5.73 Å². The third-order valence-corrected chi connectivity index (χ3v) is 3.22. The molecule has 2 nitrogen and oxygen atoms in total. The average molecular weight is 262 g/mol. The number of benzene rings is 1. The third-order valence-electron chi connectivity index (χ3n) is 3.22. The van der Waals surface area contributed by atoms with Gasteiger partial charge in [-0.3, -0.25) is 0 Å². The monoisotopic (exact) mass is 262 g/mol. The molecule has 0 radical (unpaired) electrons. The fourth-order valence-electron chi connectivity index (χ4n) is 2.22. The van der Waals surface area contributed by atoms with Crippen LogP contribution in [0.3, 0.4) is 0 Å². The lowest BCUT2D eigenvalue weighted by Gasteiger charge is -2.20. The molecule has 1 aliphatic rings. The molecule has 0 amide bonds. The summed E-state index contributed by atoms with van der Waals surface area (Å²) in [6.45, 7) is 0.835. The minimum atomic E-state index is -4.67. The molecule has 1 heterocycles. The van der Waals surface area contributed by atoms with Gasteiger partial charge in [-0.05, 0) is 37.1 Å². The fraction of sp³-hybridized carbons (Fsp3) is 0.500. The standard InChI is InChI=1S/C12H14F4N2/c13-9-6-7(3-4-8(9)12(14,15)16)11(17)10-2-1-5-18-10/h3-4,6,10-11,18H,1-2,5,17H2/t10-,11+/m0/s1. The van der Waals surface area contributed by atoms with E-state index in [0.717, 1.165) is 31.5 Å².